The van der Waals surface area contributed by atoms with Crippen LogP contribution in [-0.2, 0) is 0 Å². The van der Waals surface area contributed by atoms with E-state index in [0.29, 0.717) is 6.54 Å². The molecule has 2 aromatic rings. The fourth-order valence-electron chi connectivity index (χ4n) is 3.85. The highest BCUT2D eigenvalue weighted by molar-refractivity contribution is 5.78. The van der Waals surface area contributed by atoms with E-state index in [4.69, 9.17) is 0 Å². The Morgan fingerprint density at radius 3 is 2.70 bits per heavy atom. The number of benzene rings is 2. The average Bonchev–Trinajstić information content (AvgIpc) is 2.66. The van der Waals surface area contributed by atoms with Gasteiger partial charge in [0.15, 0.2) is 0 Å². The van der Waals surface area contributed by atoms with Gasteiger partial charge in [-0.2, -0.15) is 5.26 Å². The number of hydrogen-bond donors (Lipinski definition) is 2. The van der Waals surface area contributed by atoms with Crippen LogP contribution in [0.1, 0.15) is 30.4 Å². The van der Waals surface area contributed by atoms with Gasteiger partial charge in [-0.15, -0.1) is 0 Å². The first-order chi connectivity index (χ1) is 13.1. The van der Waals surface area contributed by atoms with Crippen LogP contribution in [0.5, 0.6) is 0 Å². The lowest BCUT2D eigenvalue weighted by atomic mass is 9.73. The topological polar surface area (TPSA) is 76.4 Å². The predicted octanol–water partition coefficient (Wildman–Crippen LogP) is 3.43. The fraction of sp³-hybridized carbons (Fsp3) is 0.364. The first-order valence-corrected chi connectivity index (χ1v) is 9.35. The fourth-order valence-corrected chi connectivity index (χ4v) is 3.85. The van der Waals surface area contributed by atoms with Gasteiger partial charge in [0, 0.05) is 12.5 Å². The Kier molecular flexibility index (Phi) is 5.78. The van der Waals surface area contributed by atoms with Gasteiger partial charge in [0.1, 0.15) is 6.04 Å². The number of nitrogens with zero attached hydrogens (tertiary/aromatic N) is 2. The van der Waals surface area contributed by atoms with Gasteiger partial charge in [0.05, 0.1) is 18.7 Å². The summed E-state index contributed by atoms with van der Waals surface area (Å²) in [5, 5.41) is 22.5. The Morgan fingerprint density at radius 1 is 1.26 bits per heavy atom. The molecule has 27 heavy (non-hydrogen) atoms. The highest BCUT2D eigenvalue weighted by atomic mass is 16.3. The lowest BCUT2D eigenvalue weighted by Crippen LogP contribution is -2.67. The quantitative estimate of drug-likeness (QED) is 0.854. The van der Waals surface area contributed by atoms with Crippen molar-refractivity contribution in [3.05, 3.63) is 59.7 Å². The summed E-state index contributed by atoms with van der Waals surface area (Å²) in [6.45, 7) is 4.40. The van der Waals surface area contributed by atoms with Gasteiger partial charge in [-0.1, -0.05) is 61.0 Å². The van der Waals surface area contributed by atoms with E-state index >= 15 is 0 Å². The lowest BCUT2D eigenvalue weighted by molar-refractivity contribution is 0.0171. The summed E-state index contributed by atoms with van der Waals surface area (Å²) in [7, 11) is 0. The Balaban J connectivity index is 1.97. The van der Waals surface area contributed by atoms with Crippen molar-refractivity contribution in [1.82, 2.24) is 10.2 Å². The van der Waals surface area contributed by atoms with Gasteiger partial charge in [-0.25, -0.2) is 4.79 Å². The van der Waals surface area contributed by atoms with E-state index in [-0.39, 0.29) is 18.6 Å². The number of amides is 2. The van der Waals surface area contributed by atoms with Gasteiger partial charge in [0.25, 0.3) is 0 Å². The average molecular weight is 363 g/mol. The van der Waals surface area contributed by atoms with Gasteiger partial charge in [-0.05, 0) is 30.0 Å². The molecule has 0 unspecified atom stereocenters. The van der Waals surface area contributed by atoms with Crippen LogP contribution in [0.2, 0.25) is 0 Å². The van der Waals surface area contributed by atoms with E-state index in [9.17, 15) is 15.2 Å². The minimum atomic E-state index is -0.593. The SMILES string of the molecule is CCCNC(=O)N1[C@H](CO)[C@H](c2ccccc2-c2cccc(C)c2)[C@@H]1C#N. The molecule has 140 valence electrons. The van der Waals surface area contributed by atoms with Crippen LogP contribution in [0.25, 0.3) is 11.1 Å². The van der Waals surface area contributed by atoms with E-state index in [0.717, 1.165) is 28.7 Å². The van der Waals surface area contributed by atoms with Gasteiger partial charge < -0.3 is 15.3 Å². The smallest absolute Gasteiger partial charge is 0.318 e. The molecule has 0 radical (unpaired) electrons. The van der Waals surface area contributed by atoms with Crippen molar-refractivity contribution >= 4 is 6.03 Å². The highest BCUT2D eigenvalue weighted by Gasteiger charge is 2.52. The minimum Gasteiger partial charge on any atom is -0.394 e. The number of carbonyl (C=O) groups excluding carboxylic acids is 1. The maximum absolute atomic E-state index is 12.5. The van der Waals surface area contributed by atoms with Crippen LogP contribution in [0.3, 0.4) is 0 Å². The molecular weight excluding hydrogens is 338 g/mol. The molecule has 1 fully saturated rings. The van der Waals surface area contributed by atoms with Gasteiger partial charge >= 0.3 is 6.03 Å². The van der Waals surface area contributed by atoms with Crippen molar-refractivity contribution in [2.45, 2.75) is 38.3 Å². The van der Waals surface area contributed by atoms with E-state index < -0.39 is 12.1 Å². The zero-order chi connectivity index (χ0) is 19.4. The first-order valence-electron chi connectivity index (χ1n) is 9.35. The summed E-state index contributed by atoms with van der Waals surface area (Å²) in [5.41, 5.74) is 4.27. The molecule has 1 aliphatic rings. The Morgan fingerprint density at radius 2 is 2.04 bits per heavy atom. The van der Waals surface area contributed by atoms with Crippen molar-refractivity contribution in [2.75, 3.05) is 13.2 Å². The van der Waals surface area contributed by atoms with Crippen LogP contribution in [0, 0.1) is 18.3 Å². The zero-order valence-electron chi connectivity index (χ0n) is 15.7. The number of aryl methyl sites for hydroxylation is 1. The second-order valence-electron chi connectivity index (χ2n) is 6.95. The maximum atomic E-state index is 12.5. The number of urea groups is 1. The maximum Gasteiger partial charge on any atom is 0.318 e. The van der Waals surface area contributed by atoms with Crippen LogP contribution < -0.4 is 5.32 Å². The predicted molar refractivity (Wildman–Crippen MR) is 105 cm³/mol. The Hall–Kier alpha value is -2.84. The summed E-state index contributed by atoms with van der Waals surface area (Å²) in [4.78, 5) is 13.9. The zero-order valence-corrected chi connectivity index (χ0v) is 15.7. The molecule has 0 bridgehead atoms. The van der Waals surface area contributed by atoms with Crippen LogP contribution in [-0.4, -0.2) is 41.3 Å². The molecule has 2 N–H and O–H groups in total. The second-order valence-corrected chi connectivity index (χ2v) is 6.95. The molecular formula is C22H25N3O2. The number of rotatable bonds is 5. The van der Waals surface area contributed by atoms with Crippen LogP contribution in [0.4, 0.5) is 4.79 Å². The van der Waals surface area contributed by atoms with E-state index in [1.54, 1.807) is 0 Å². The van der Waals surface area contributed by atoms with E-state index in [1.165, 1.54) is 4.90 Å². The highest BCUT2D eigenvalue weighted by Crippen LogP contribution is 2.44. The Labute approximate surface area is 160 Å². The number of carbonyl (C=O) groups is 1. The summed E-state index contributed by atoms with van der Waals surface area (Å²) in [6, 6.07) is 17.1. The molecule has 0 saturated carbocycles. The lowest BCUT2D eigenvalue weighted by Gasteiger charge is -2.51. The molecule has 3 rings (SSSR count). The molecule has 5 heteroatoms. The van der Waals surface area contributed by atoms with Crippen molar-refractivity contribution in [2.24, 2.45) is 0 Å². The molecule has 0 spiro atoms. The standard InChI is InChI=1S/C22H25N3O2/c1-3-11-24-22(27)25-19(13-23)21(20(25)14-26)18-10-5-4-9-17(18)16-8-6-7-15(2)12-16/h4-10,12,19-21,26H,3,11,14H2,1-2H3,(H,24,27)/t19-,20+,21+/m0/s1. The molecule has 5 nitrogen and oxygen atoms in total. The summed E-state index contributed by atoms with van der Waals surface area (Å²) in [5.74, 6) is -0.218. The largest absolute Gasteiger partial charge is 0.394 e. The first kappa shape index (κ1) is 18.9. The summed E-state index contributed by atoms with van der Waals surface area (Å²) < 4.78 is 0. The number of nitrogens with one attached hydrogen (secondary N) is 1. The molecule has 0 aliphatic carbocycles. The van der Waals surface area contributed by atoms with Gasteiger partial charge in [-0.3, -0.25) is 0 Å². The number of likely N-dealkylation sites (tertiary alicyclic amines) is 1. The minimum absolute atomic E-state index is 0.176. The molecule has 1 aliphatic heterocycles. The number of aliphatic hydroxyl groups excluding tert-OH is 1. The van der Waals surface area contributed by atoms with Gasteiger partial charge in [0.2, 0.25) is 0 Å². The molecule has 2 aromatic carbocycles. The molecule has 1 heterocycles. The van der Waals surface area contributed by atoms with E-state index in [1.807, 2.05) is 56.3 Å². The molecule has 1 saturated heterocycles. The summed E-state index contributed by atoms with van der Waals surface area (Å²) in [6.07, 6.45) is 0.820. The summed E-state index contributed by atoms with van der Waals surface area (Å²) >= 11 is 0. The number of nitriles is 1. The van der Waals surface area contributed by atoms with Crippen LogP contribution >= 0.6 is 0 Å². The van der Waals surface area contributed by atoms with Crippen molar-refractivity contribution in [3.8, 4) is 17.2 Å². The third-order valence-corrected chi connectivity index (χ3v) is 5.14. The van der Waals surface area contributed by atoms with E-state index in [2.05, 4.69) is 17.5 Å². The number of hydrogen-bond acceptors (Lipinski definition) is 3. The van der Waals surface area contributed by atoms with Crippen molar-refractivity contribution < 1.29 is 9.90 Å². The molecule has 0 aromatic heterocycles. The normalized spacial score (nSPS) is 21.3. The van der Waals surface area contributed by atoms with Crippen molar-refractivity contribution in [3.63, 3.8) is 0 Å². The van der Waals surface area contributed by atoms with Crippen LogP contribution in [0.15, 0.2) is 48.5 Å². The van der Waals surface area contributed by atoms with Crippen molar-refractivity contribution in [1.29, 1.82) is 5.26 Å². The third-order valence-electron chi connectivity index (χ3n) is 5.14. The second kappa shape index (κ2) is 8.24. The third kappa shape index (κ3) is 3.54. The molecule has 3 atom stereocenters. The number of aliphatic hydroxyl groups is 1. The Bertz CT molecular complexity index is 859. The monoisotopic (exact) mass is 363 g/mol. The molecule has 2 amide bonds.